The molecule has 3 aromatic carbocycles. The van der Waals surface area contributed by atoms with E-state index >= 15 is 0 Å². The topological polar surface area (TPSA) is 82.6 Å². The molecule has 0 aliphatic carbocycles. The second-order valence-electron chi connectivity index (χ2n) is 11.9. The number of benzene rings is 3. The summed E-state index contributed by atoms with van der Waals surface area (Å²) in [5, 5.41) is 0. The standard InChI is InChI=1S/C34H39N3O5.HI/c1-25-23-36(33(39)35-32(25)38)31-22-29(40-21-20-37(2,3)4)30(42-31)24-41-34(26-14-8-5-9-15-26,27-16-10-6-11-17-27)28-18-12-7-13-19-28;/h5-19,23,29-31H,20-22,24H2,1-4H3;1H/t29-,30+,31+;/m0./s1. The number of hydrogen-bond donors (Lipinski definition) is 1. The van der Waals surface area contributed by atoms with Crippen molar-refractivity contribution in [3.8, 4) is 0 Å². The van der Waals surface area contributed by atoms with E-state index in [0.29, 0.717) is 18.6 Å². The number of halogens is 1. The average molecular weight is 698 g/mol. The van der Waals surface area contributed by atoms with E-state index in [1.54, 1.807) is 13.1 Å². The normalized spacial score (nSPS) is 18.7. The predicted molar refractivity (Wildman–Crippen MR) is 162 cm³/mol. The number of quaternary nitrogens is 1. The lowest BCUT2D eigenvalue weighted by molar-refractivity contribution is -0.870. The van der Waals surface area contributed by atoms with Gasteiger partial charge in [-0.25, -0.2) is 4.79 Å². The average Bonchev–Trinajstić information content (AvgIpc) is 3.39. The molecule has 4 aromatic rings. The molecule has 1 aromatic heterocycles. The van der Waals surface area contributed by atoms with Crippen molar-refractivity contribution in [2.24, 2.45) is 0 Å². The lowest BCUT2D eigenvalue weighted by Gasteiger charge is -2.37. The first kappa shape index (κ1) is 32.8. The third-order valence-electron chi connectivity index (χ3n) is 7.74. The van der Waals surface area contributed by atoms with Crippen molar-refractivity contribution in [1.29, 1.82) is 0 Å². The number of nitrogens with one attached hydrogen (secondary N) is 1. The van der Waals surface area contributed by atoms with E-state index in [1.807, 2.05) is 54.6 Å². The van der Waals surface area contributed by atoms with Gasteiger partial charge < -0.3 is 42.7 Å². The van der Waals surface area contributed by atoms with Crippen LogP contribution in [0.1, 0.15) is 34.9 Å². The number of likely N-dealkylation sites (N-methyl/N-ethyl adjacent to an activating group) is 1. The highest BCUT2D eigenvalue weighted by Gasteiger charge is 2.43. The summed E-state index contributed by atoms with van der Waals surface area (Å²) in [6, 6.07) is 30.6. The summed E-state index contributed by atoms with van der Waals surface area (Å²) in [7, 11) is 6.36. The van der Waals surface area contributed by atoms with Crippen LogP contribution in [0.5, 0.6) is 0 Å². The third-order valence-corrected chi connectivity index (χ3v) is 7.74. The molecule has 0 spiro atoms. The second kappa shape index (κ2) is 14.1. The minimum Gasteiger partial charge on any atom is -1.00 e. The van der Waals surface area contributed by atoms with Gasteiger partial charge in [0, 0.05) is 18.2 Å². The van der Waals surface area contributed by atoms with Crippen LogP contribution in [0.4, 0.5) is 0 Å². The fourth-order valence-corrected chi connectivity index (χ4v) is 5.45. The summed E-state index contributed by atoms with van der Waals surface area (Å²) < 4.78 is 22.2. The Hall–Kier alpha value is -3.09. The van der Waals surface area contributed by atoms with Crippen LogP contribution in [0, 0.1) is 6.92 Å². The Kier molecular flexibility index (Phi) is 10.8. The zero-order chi connectivity index (χ0) is 29.7. The molecule has 228 valence electrons. The van der Waals surface area contributed by atoms with Crippen LogP contribution in [0.25, 0.3) is 0 Å². The fraction of sp³-hybridized carbons (Fsp3) is 0.353. The van der Waals surface area contributed by atoms with E-state index in [9.17, 15) is 9.59 Å². The molecule has 0 amide bonds. The smallest absolute Gasteiger partial charge is 0.330 e. The zero-order valence-corrected chi connectivity index (χ0v) is 27.3. The molecular formula is C34H40IN3O5. The van der Waals surface area contributed by atoms with Crippen molar-refractivity contribution in [1.82, 2.24) is 9.55 Å². The molecule has 5 rings (SSSR count). The van der Waals surface area contributed by atoms with Gasteiger partial charge in [-0.1, -0.05) is 91.0 Å². The largest absolute Gasteiger partial charge is 1.00 e. The van der Waals surface area contributed by atoms with E-state index < -0.39 is 29.2 Å². The molecule has 0 saturated carbocycles. The summed E-state index contributed by atoms with van der Waals surface area (Å²) in [6.07, 6.45) is 0.625. The van der Waals surface area contributed by atoms with Crippen LogP contribution < -0.4 is 35.2 Å². The number of aryl methyl sites for hydroxylation is 1. The van der Waals surface area contributed by atoms with Gasteiger partial charge >= 0.3 is 5.69 Å². The maximum Gasteiger partial charge on any atom is 0.330 e. The Labute approximate surface area is 269 Å². The van der Waals surface area contributed by atoms with Crippen molar-refractivity contribution in [2.45, 2.75) is 37.4 Å². The van der Waals surface area contributed by atoms with Crippen LogP contribution >= 0.6 is 0 Å². The van der Waals surface area contributed by atoms with E-state index in [1.165, 1.54) is 4.57 Å². The van der Waals surface area contributed by atoms with Crippen molar-refractivity contribution < 1.29 is 42.7 Å². The van der Waals surface area contributed by atoms with E-state index in [4.69, 9.17) is 14.2 Å². The van der Waals surface area contributed by atoms with E-state index in [-0.39, 0.29) is 36.7 Å². The van der Waals surface area contributed by atoms with Crippen LogP contribution in [0.15, 0.2) is 107 Å². The maximum atomic E-state index is 12.8. The number of ether oxygens (including phenoxy) is 3. The Morgan fingerprint density at radius 3 is 1.88 bits per heavy atom. The van der Waals surface area contributed by atoms with Crippen molar-refractivity contribution in [2.75, 3.05) is 40.9 Å². The number of aromatic nitrogens is 2. The van der Waals surface area contributed by atoms with Gasteiger partial charge in [-0.15, -0.1) is 0 Å². The highest BCUT2D eigenvalue weighted by molar-refractivity contribution is 5.47. The first-order valence-electron chi connectivity index (χ1n) is 14.4. The van der Waals surface area contributed by atoms with Crippen molar-refractivity contribution in [3.63, 3.8) is 0 Å². The van der Waals surface area contributed by atoms with Gasteiger partial charge in [0.25, 0.3) is 5.56 Å². The first-order valence-corrected chi connectivity index (χ1v) is 14.4. The van der Waals surface area contributed by atoms with Crippen molar-refractivity contribution >= 4 is 0 Å². The highest BCUT2D eigenvalue weighted by Crippen LogP contribution is 2.41. The second-order valence-corrected chi connectivity index (χ2v) is 11.9. The molecule has 2 heterocycles. The van der Waals surface area contributed by atoms with Crippen LogP contribution in [-0.4, -0.2) is 67.1 Å². The summed E-state index contributed by atoms with van der Waals surface area (Å²) in [5.41, 5.74) is 1.60. The van der Waals surface area contributed by atoms with Crippen LogP contribution in [0.3, 0.4) is 0 Å². The molecule has 9 heteroatoms. The lowest BCUT2D eigenvalue weighted by Crippen LogP contribution is -3.00. The highest BCUT2D eigenvalue weighted by atomic mass is 127. The van der Waals surface area contributed by atoms with Crippen molar-refractivity contribution in [3.05, 3.63) is 140 Å². The van der Waals surface area contributed by atoms with Gasteiger partial charge in [-0.05, 0) is 23.6 Å². The minimum atomic E-state index is -0.913. The number of nitrogens with zero attached hydrogens (tertiary/aromatic N) is 2. The Morgan fingerprint density at radius 1 is 0.884 bits per heavy atom. The number of hydrogen-bond acceptors (Lipinski definition) is 5. The Balaban J connectivity index is 0.00000423. The molecule has 0 unspecified atom stereocenters. The van der Waals surface area contributed by atoms with E-state index in [0.717, 1.165) is 27.7 Å². The number of H-pyrrole nitrogens is 1. The van der Waals surface area contributed by atoms with Crippen LogP contribution in [-0.2, 0) is 19.8 Å². The molecule has 3 atom stereocenters. The van der Waals surface area contributed by atoms with Crippen LogP contribution in [0.2, 0.25) is 0 Å². The van der Waals surface area contributed by atoms with E-state index in [2.05, 4.69) is 62.5 Å². The molecule has 43 heavy (non-hydrogen) atoms. The molecule has 1 N–H and O–H groups in total. The molecule has 0 bridgehead atoms. The molecule has 8 nitrogen and oxygen atoms in total. The molecular weight excluding hydrogens is 657 g/mol. The summed E-state index contributed by atoms with van der Waals surface area (Å²) in [4.78, 5) is 27.2. The molecule has 1 aliphatic heterocycles. The predicted octanol–water partition coefficient (Wildman–Crippen LogP) is 1.24. The zero-order valence-electron chi connectivity index (χ0n) is 25.1. The first-order chi connectivity index (χ1) is 20.2. The quantitative estimate of drug-likeness (QED) is 0.145. The van der Waals surface area contributed by atoms with Gasteiger partial charge in [0.05, 0.1) is 40.5 Å². The maximum absolute atomic E-state index is 12.8. The molecule has 1 saturated heterocycles. The summed E-state index contributed by atoms with van der Waals surface area (Å²) >= 11 is 0. The number of aromatic amines is 1. The molecule has 1 aliphatic rings. The van der Waals surface area contributed by atoms with Gasteiger partial charge in [-0.2, -0.15) is 0 Å². The lowest BCUT2D eigenvalue weighted by atomic mass is 9.80. The summed E-state index contributed by atoms with van der Waals surface area (Å²) in [5.74, 6) is 0. The number of rotatable bonds is 11. The van der Waals surface area contributed by atoms with Gasteiger partial charge in [-0.3, -0.25) is 14.3 Å². The monoisotopic (exact) mass is 697 g/mol. The van der Waals surface area contributed by atoms with Gasteiger partial charge in [0.2, 0.25) is 0 Å². The SMILES string of the molecule is Cc1cn([C@H]2C[C@H](OCC[N+](C)(C)C)[C@@H](COC(c3ccccc3)(c3ccccc3)c3ccccc3)O2)c(=O)[nH]c1=O.[I-]. The third kappa shape index (κ3) is 7.53. The Morgan fingerprint density at radius 2 is 1.40 bits per heavy atom. The Bertz CT molecular complexity index is 1470. The fourth-order valence-electron chi connectivity index (χ4n) is 5.45. The minimum absolute atomic E-state index is 0. The summed E-state index contributed by atoms with van der Waals surface area (Å²) in [6.45, 7) is 3.23. The molecule has 1 fully saturated rings. The van der Waals surface area contributed by atoms with Gasteiger partial charge in [0.1, 0.15) is 24.5 Å². The molecule has 0 radical (unpaired) electrons. The van der Waals surface area contributed by atoms with Gasteiger partial charge in [0.15, 0.2) is 0 Å².